The molecule has 0 saturated carbocycles. The molecule has 0 fully saturated rings. The Kier molecular flexibility index (Phi) is 9.49. The van der Waals surface area contributed by atoms with Crippen LogP contribution in [0.4, 0.5) is 4.79 Å². The molecule has 1 aromatic carbocycles. The van der Waals surface area contributed by atoms with E-state index in [1.54, 1.807) is 26.0 Å². The lowest BCUT2D eigenvalue weighted by molar-refractivity contribution is -0.140. The summed E-state index contributed by atoms with van der Waals surface area (Å²) < 4.78 is 5.10. The Hall–Kier alpha value is -2.42. The van der Waals surface area contributed by atoms with Gasteiger partial charge in [0.25, 0.3) is 0 Å². The highest BCUT2D eigenvalue weighted by molar-refractivity contribution is 9.09. The molecule has 2 amide bonds. The highest BCUT2D eigenvalue weighted by atomic mass is 79.9. The largest absolute Gasteiger partial charge is 0.481 e. The number of carbonyl (C=O) groups is 4. The average Bonchev–Trinajstić information content (AvgIpc) is 2.63. The third kappa shape index (κ3) is 8.21. The summed E-state index contributed by atoms with van der Waals surface area (Å²) in [7, 11) is 0. The number of Topliss-reactive ketones (excluding diaryl/α,β-unsaturated/α-hetero) is 1. The van der Waals surface area contributed by atoms with Crippen LogP contribution in [-0.4, -0.2) is 46.3 Å². The highest BCUT2D eigenvalue weighted by Crippen LogP contribution is 2.07. The summed E-state index contributed by atoms with van der Waals surface area (Å²) in [5, 5.41) is 13.7. The van der Waals surface area contributed by atoms with Crippen molar-refractivity contribution in [2.24, 2.45) is 5.92 Å². The van der Waals surface area contributed by atoms with Crippen molar-refractivity contribution in [2.75, 3.05) is 5.33 Å². The third-order valence-electron chi connectivity index (χ3n) is 3.65. The fourth-order valence-electron chi connectivity index (χ4n) is 2.20. The molecule has 8 nitrogen and oxygen atoms in total. The fraction of sp³-hybridized carbons (Fsp3) is 0.444. The minimum absolute atomic E-state index is 0.0445. The highest BCUT2D eigenvalue weighted by Gasteiger charge is 2.29. The number of aliphatic carboxylic acids is 1. The first-order valence-corrected chi connectivity index (χ1v) is 9.44. The van der Waals surface area contributed by atoms with Gasteiger partial charge in [-0.3, -0.25) is 14.4 Å². The van der Waals surface area contributed by atoms with Crippen molar-refractivity contribution in [2.45, 2.75) is 39.0 Å². The standard InChI is InChI=1S/C18H23BrN2O6/c1-11(2)16(17(25)20-13(8-15(23)24)14(22)9-19)21-18(26)27-10-12-6-4-3-5-7-12/h3-7,11,13,16H,8-10H2,1-2H3,(H,20,25)(H,21,26)(H,23,24)/t13-,16-/m0/s1. The molecule has 0 spiro atoms. The second-order valence-electron chi connectivity index (χ2n) is 6.19. The predicted octanol–water partition coefficient (Wildman–Crippen LogP) is 1.86. The van der Waals surface area contributed by atoms with Crippen LogP contribution >= 0.6 is 15.9 Å². The maximum atomic E-state index is 12.5. The van der Waals surface area contributed by atoms with E-state index in [0.717, 1.165) is 5.56 Å². The molecular formula is C18H23BrN2O6. The molecule has 0 bridgehead atoms. The molecule has 1 aromatic rings. The van der Waals surface area contributed by atoms with E-state index in [1.165, 1.54) is 0 Å². The number of amides is 2. The quantitative estimate of drug-likeness (QED) is 0.475. The van der Waals surface area contributed by atoms with E-state index in [0.29, 0.717) is 0 Å². The molecule has 0 heterocycles. The van der Waals surface area contributed by atoms with E-state index in [-0.39, 0.29) is 17.9 Å². The zero-order valence-electron chi connectivity index (χ0n) is 15.1. The molecule has 27 heavy (non-hydrogen) atoms. The van der Waals surface area contributed by atoms with Gasteiger partial charge in [-0.1, -0.05) is 60.1 Å². The van der Waals surface area contributed by atoms with Crippen LogP contribution < -0.4 is 10.6 Å². The first-order chi connectivity index (χ1) is 12.7. The van der Waals surface area contributed by atoms with Crippen LogP contribution in [0.3, 0.4) is 0 Å². The summed E-state index contributed by atoms with van der Waals surface area (Å²) in [5.74, 6) is -2.65. The Morgan fingerprint density at radius 1 is 1.11 bits per heavy atom. The van der Waals surface area contributed by atoms with E-state index >= 15 is 0 Å². The molecule has 1 rings (SSSR count). The van der Waals surface area contributed by atoms with Crippen molar-refractivity contribution in [1.29, 1.82) is 0 Å². The number of rotatable bonds is 10. The van der Waals surface area contributed by atoms with Crippen molar-refractivity contribution in [3.8, 4) is 0 Å². The smallest absolute Gasteiger partial charge is 0.408 e. The molecule has 0 aliphatic rings. The van der Waals surface area contributed by atoms with Gasteiger partial charge >= 0.3 is 12.1 Å². The third-order valence-corrected chi connectivity index (χ3v) is 4.20. The van der Waals surface area contributed by atoms with Crippen LogP contribution in [0, 0.1) is 5.92 Å². The number of ether oxygens (including phenoxy) is 1. The number of alkyl carbamates (subject to hydrolysis) is 1. The van der Waals surface area contributed by atoms with E-state index in [1.807, 2.05) is 18.2 Å². The number of hydrogen-bond acceptors (Lipinski definition) is 5. The molecule has 0 unspecified atom stereocenters. The molecule has 0 radical (unpaired) electrons. The van der Waals surface area contributed by atoms with E-state index in [9.17, 15) is 19.2 Å². The molecule has 9 heteroatoms. The maximum absolute atomic E-state index is 12.5. The SMILES string of the molecule is CC(C)[C@H](NC(=O)OCc1ccccc1)C(=O)N[C@@H](CC(=O)O)C(=O)CBr. The zero-order valence-corrected chi connectivity index (χ0v) is 16.7. The Bertz CT molecular complexity index is 665. The van der Waals surface area contributed by atoms with Gasteiger partial charge < -0.3 is 20.5 Å². The Labute approximate surface area is 165 Å². The average molecular weight is 443 g/mol. The zero-order chi connectivity index (χ0) is 20.4. The van der Waals surface area contributed by atoms with Crippen molar-refractivity contribution in [3.63, 3.8) is 0 Å². The minimum atomic E-state index is -1.22. The van der Waals surface area contributed by atoms with E-state index in [4.69, 9.17) is 9.84 Å². The number of carboxylic acids is 1. The lowest BCUT2D eigenvalue weighted by Crippen LogP contribution is -2.54. The van der Waals surface area contributed by atoms with E-state index < -0.39 is 42.3 Å². The van der Waals surface area contributed by atoms with Gasteiger partial charge in [-0.2, -0.15) is 0 Å². The monoisotopic (exact) mass is 442 g/mol. The van der Waals surface area contributed by atoms with Crippen LogP contribution in [0.1, 0.15) is 25.8 Å². The number of halogens is 1. The number of benzene rings is 1. The number of carbonyl (C=O) groups excluding carboxylic acids is 3. The molecule has 2 atom stereocenters. The van der Waals surface area contributed by atoms with Gasteiger partial charge in [-0.25, -0.2) is 4.79 Å². The van der Waals surface area contributed by atoms with E-state index in [2.05, 4.69) is 26.6 Å². The van der Waals surface area contributed by atoms with Crippen molar-refractivity contribution in [3.05, 3.63) is 35.9 Å². The first kappa shape index (κ1) is 22.6. The maximum Gasteiger partial charge on any atom is 0.408 e. The summed E-state index contributed by atoms with van der Waals surface area (Å²) >= 11 is 2.96. The molecule has 0 aliphatic heterocycles. The predicted molar refractivity (Wildman–Crippen MR) is 101 cm³/mol. The van der Waals surface area contributed by atoms with Gasteiger partial charge in [0.2, 0.25) is 5.91 Å². The summed E-state index contributed by atoms with van der Waals surface area (Å²) in [6.45, 7) is 3.46. The number of hydrogen-bond donors (Lipinski definition) is 3. The summed E-state index contributed by atoms with van der Waals surface area (Å²) in [5.41, 5.74) is 0.794. The molecule has 0 aliphatic carbocycles. The fourth-order valence-corrected chi connectivity index (χ4v) is 2.59. The second kappa shape index (κ2) is 11.3. The van der Waals surface area contributed by atoms with Crippen LogP contribution in [0.15, 0.2) is 30.3 Å². The van der Waals surface area contributed by atoms with Gasteiger partial charge in [-0.05, 0) is 11.5 Å². The first-order valence-electron chi connectivity index (χ1n) is 8.32. The van der Waals surface area contributed by atoms with Gasteiger partial charge in [-0.15, -0.1) is 0 Å². The van der Waals surface area contributed by atoms with Gasteiger partial charge in [0, 0.05) is 0 Å². The molecule has 0 saturated heterocycles. The lowest BCUT2D eigenvalue weighted by atomic mass is 10.0. The Morgan fingerprint density at radius 2 is 1.74 bits per heavy atom. The van der Waals surface area contributed by atoms with Gasteiger partial charge in [0.05, 0.1) is 17.8 Å². The second-order valence-corrected chi connectivity index (χ2v) is 6.75. The van der Waals surface area contributed by atoms with Crippen LogP contribution in [0.25, 0.3) is 0 Å². The number of ketones is 1. The summed E-state index contributed by atoms with van der Waals surface area (Å²) in [6, 6.07) is 6.88. The van der Waals surface area contributed by atoms with Crippen molar-refractivity contribution < 1.29 is 29.0 Å². The molecule has 148 valence electrons. The van der Waals surface area contributed by atoms with Gasteiger partial charge in [0.15, 0.2) is 5.78 Å². The lowest BCUT2D eigenvalue weighted by Gasteiger charge is -2.24. The number of alkyl halides is 1. The van der Waals surface area contributed by atoms with Crippen molar-refractivity contribution in [1.82, 2.24) is 10.6 Å². The summed E-state index contributed by atoms with van der Waals surface area (Å²) in [6.07, 6.45) is -1.33. The van der Waals surface area contributed by atoms with Gasteiger partial charge in [0.1, 0.15) is 12.6 Å². The Balaban J connectivity index is 2.69. The number of nitrogens with one attached hydrogen (secondary N) is 2. The molecular weight excluding hydrogens is 420 g/mol. The normalized spacial score (nSPS) is 12.7. The van der Waals surface area contributed by atoms with Crippen LogP contribution in [-0.2, 0) is 25.7 Å². The molecule has 3 N–H and O–H groups in total. The van der Waals surface area contributed by atoms with Crippen LogP contribution in [0.2, 0.25) is 0 Å². The topological polar surface area (TPSA) is 122 Å². The molecule has 0 aromatic heterocycles. The number of carboxylic acid groups (broad SMARTS) is 1. The van der Waals surface area contributed by atoms with Crippen LogP contribution in [0.5, 0.6) is 0 Å². The summed E-state index contributed by atoms with van der Waals surface area (Å²) in [4.78, 5) is 47.2. The minimum Gasteiger partial charge on any atom is -0.481 e. The van der Waals surface area contributed by atoms with Crippen molar-refractivity contribution >= 4 is 39.7 Å². The Morgan fingerprint density at radius 3 is 2.26 bits per heavy atom.